The van der Waals surface area contributed by atoms with Crippen LogP contribution in [0.1, 0.15) is 36.0 Å². The van der Waals surface area contributed by atoms with Gasteiger partial charge in [-0.2, -0.15) is 0 Å². The summed E-state index contributed by atoms with van der Waals surface area (Å²) in [4.78, 5) is 27.2. The Balaban J connectivity index is 1.51. The zero-order chi connectivity index (χ0) is 20.6. The summed E-state index contributed by atoms with van der Waals surface area (Å²) in [5.41, 5.74) is -0.116. The Bertz CT molecular complexity index is 951. The van der Waals surface area contributed by atoms with Crippen molar-refractivity contribution in [2.75, 3.05) is 11.4 Å². The zero-order valence-corrected chi connectivity index (χ0v) is 15.8. The minimum Gasteiger partial charge on any atom is -0.393 e. The molecular formula is C22H22F2N2O3. The van der Waals surface area contributed by atoms with Crippen molar-refractivity contribution in [2.24, 2.45) is 5.41 Å². The van der Waals surface area contributed by atoms with Crippen molar-refractivity contribution in [3.05, 3.63) is 65.7 Å². The summed E-state index contributed by atoms with van der Waals surface area (Å²) in [5.74, 6) is -1.52. The Kier molecular flexibility index (Phi) is 5.08. The second-order valence-electron chi connectivity index (χ2n) is 7.95. The molecule has 3 atom stereocenters. The highest BCUT2D eigenvalue weighted by molar-refractivity contribution is 6.00. The fraction of sp³-hybridized carbons (Fsp3) is 0.364. The van der Waals surface area contributed by atoms with Crippen molar-refractivity contribution in [3.63, 3.8) is 0 Å². The van der Waals surface area contributed by atoms with E-state index in [0.29, 0.717) is 37.9 Å². The van der Waals surface area contributed by atoms with Crippen molar-refractivity contribution < 1.29 is 23.5 Å². The average molecular weight is 400 g/mol. The lowest BCUT2D eigenvalue weighted by Gasteiger charge is -2.39. The van der Waals surface area contributed by atoms with Gasteiger partial charge in [0.1, 0.15) is 11.6 Å². The van der Waals surface area contributed by atoms with E-state index in [1.165, 1.54) is 30.3 Å². The summed E-state index contributed by atoms with van der Waals surface area (Å²) in [5, 5.41) is 13.2. The molecule has 1 spiro atoms. The van der Waals surface area contributed by atoms with E-state index in [-0.39, 0.29) is 11.5 Å². The molecule has 0 radical (unpaired) electrons. The van der Waals surface area contributed by atoms with Gasteiger partial charge in [0, 0.05) is 23.8 Å². The smallest absolute Gasteiger partial charge is 0.251 e. The molecular weight excluding hydrogens is 378 g/mol. The number of hydrogen-bond donors (Lipinski definition) is 2. The van der Waals surface area contributed by atoms with E-state index in [2.05, 4.69) is 5.32 Å². The predicted molar refractivity (Wildman–Crippen MR) is 103 cm³/mol. The number of benzene rings is 2. The van der Waals surface area contributed by atoms with Gasteiger partial charge in [-0.3, -0.25) is 9.59 Å². The molecule has 4 rings (SSSR count). The Morgan fingerprint density at radius 3 is 2.55 bits per heavy atom. The number of amides is 2. The van der Waals surface area contributed by atoms with E-state index in [1.807, 2.05) is 0 Å². The van der Waals surface area contributed by atoms with E-state index in [1.54, 1.807) is 17.0 Å². The van der Waals surface area contributed by atoms with E-state index in [0.717, 1.165) is 6.07 Å². The number of rotatable bonds is 3. The molecule has 1 saturated carbocycles. The summed E-state index contributed by atoms with van der Waals surface area (Å²) >= 11 is 0. The molecule has 152 valence electrons. The second-order valence-corrected chi connectivity index (χ2v) is 7.95. The lowest BCUT2D eigenvalue weighted by molar-refractivity contribution is -0.130. The third-order valence-electron chi connectivity index (χ3n) is 5.87. The number of aliphatic hydroxyl groups is 1. The quantitative estimate of drug-likeness (QED) is 0.832. The van der Waals surface area contributed by atoms with Crippen LogP contribution >= 0.6 is 0 Å². The van der Waals surface area contributed by atoms with Gasteiger partial charge >= 0.3 is 0 Å². The summed E-state index contributed by atoms with van der Waals surface area (Å²) in [6.45, 7) is 0.430. The summed E-state index contributed by atoms with van der Waals surface area (Å²) in [7, 11) is 0. The average Bonchev–Trinajstić information content (AvgIpc) is 2.96. The second kappa shape index (κ2) is 7.55. The first-order chi connectivity index (χ1) is 13.9. The Hall–Kier alpha value is -2.80. The van der Waals surface area contributed by atoms with Gasteiger partial charge in [-0.1, -0.05) is 12.1 Å². The maximum atomic E-state index is 13.6. The Morgan fingerprint density at radius 1 is 1.10 bits per heavy atom. The Morgan fingerprint density at radius 2 is 1.83 bits per heavy atom. The summed E-state index contributed by atoms with van der Waals surface area (Å²) < 4.78 is 27.0. The van der Waals surface area contributed by atoms with E-state index < -0.39 is 35.1 Å². The molecule has 2 aromatic rings. The third kappa shape index (κ3) is 3.87. The Labute approximate surface area is 167 Å². The molecule has 2 N–H and O–H groups in total. The van der Waals surface area contributed by atoms with Crippen LogP contribution in [0.3, 0.4) is 0 Å². The van der Waals surface area contributed by atoms with Gasteiger partial charge in [0.15, 0.2) is 0 Å². The molecule has 2 aromatic carbocycles. The fourth-order valence-corrected chi connectivity index (χ4v) is 4.60. The summed E-state index contributed by atoms with van der Waals surface area (Å²) in [6, 6.07) is 10.8. The molecule has 7 heteroatoms. The molecule has 1 aliphatic heterocycles. The minimum absolute atomic E-state index is 0.160. The topological polar surface area (TPSA) is 69.6 Å². The van der Waals surface area contributed by atoms with Gasteiger partial charge in [-0.05, 0) is 62.1 Å². The first-order valence-corrected chi connectivity index (χ1v) is 9.68. The van der Waals surface area contributed by atoms with Crippen LogP contribution in [-0.2, 0) is 4.79 Å². The molecule has 2 aliphatic rings. The van der Waals surface area contributed by atoms with Gasteiger partial charge < -0.3 is 15.3 Å². The first-order valence-electron chi connectivity index (χ1n) is 9.68. The van der Waals surface area contributed by atoms with Gasteiger partial charge in [-0.25, -0.2) is 8.78 Å². The fourth-order valence-electron chi connectivity index (χ4n) is 4.60. The number of carbonyl (C=O) groups is 2. The van der Waals surface area contributed by atoms with Gasteiger partial charge in [0.25, 0.3) is 5.91 Å². The number of nitrogens with one attached hydrogen (secondary N) is 1. The van der Waals surface area contributed by atoms with Gasteiger partial charge in [-0.15, -0.1) is 0 Å². The number of nitrogens with zero attached hydrogens (tertiary/aromatic N) is 1. The van der Waals surface area contributed by atoms with Crippen molar-refractivity contribution in [1.29, 1.82) is 0 Å². The highest BCUT2D eigenvalue weighted by Gasteiger charge is 2.51. The van der Waals surface area contributed by atoms with Crippen LogP contribution in [0.2, 0.25) is 0 Å². The number of halogens is 2. The first kappa shape index (κ1) is 19.5. The largest absolute Gasteiger partial charge is 0.393 e. The van der Waals surface area contributed by atoms with E-state index in [4.69, 9.17) is 0 Å². The number of aliphatic hydroxyl groups excluding tert-OH is 1. The lowest BCUT2D eigenvalue weighted by atomic mass is 9.69. The molecule has 29 heavy (non-hydrogen) atoms. The SMILES string of the molecule is O=C(N[C@H]1C[C@H](O)CC2(CCN(c3cccc(F)c3)C2=O)C1)c1cccc(F)c1. The van der Waals surface area contributed by atoms with Crippen LogP contribution in [0.15, 0.2) is 48.5 Å². The highest BCUT2D eigenvalue weighted by Crippen LogP contribution is 2.46. The maximum absolute atomic E-state index is 13.6. The van der Waals surface area contributed by atoms with Crippen LogP contribution in [0.4, 0.5) is 14.5 Å². The molecule has 2 fully saturated rings. The molecule has 5 nitrogen and oxygen atoms in total. The monoisotopic (exact) mass is 400 g/mol. The van der Waals surface area contributed by atoms with Crippen molar-refractivity contribution >= 4 is 17.5 Å². The van der Waals surface area contributed by atoms with Crippen LogP contribution in [-0.4, -0.2) is 35.6 Å². The molecule has 1 heterocycles. The number of hydrogen-bond acceptors (Lipinski definition) is 3. The normalized spacial score (nSPS) is 26.7. The van der Waals surface area contributed by atoms with E-state index in [9.17, 15) is 23.5 Å². The van der Waals surface area contributed by atoms with Crippen molar-refractivity contribution in [2.45, 2.75) is 37.8 Å². The van der Waals surface area contributed by atoms with Gasteiger partial charge in [0.05, 0.1) is 11.5 Å². The number of anilines is 1. The lowest BCUT2D eigenvalue weighted by Crippen LogP contribution is -2.49. The molecule has 2 amide bonds. The molecule has 0 bridgehead atoms. The van der Waals surface area contributed by atoms with Crippen molar-refractivity contribution in [1.82, 2.24) is 5.32 Å². The predicted octanol–water partition coefficient (Wildman–Crippen LogP) is 3.03. The molecule has 0 aromatic heterocycles. The van der Waals surface area contributed by atoms with Crippen LogP contribution in [0.5, 0.6) is 0 Å². The molecule has 1 saturated heterocycles. The number of carbonyl (C=O) groups excluding carboxylic acids is 2. The van der Waals surface area contributed by atoms with Crippen LogP contribution < -0.4 is 10.2 Å². The molecule has 1 aliphatic carbocycles. The molecule has 1 unspecified atom stereocenters. The van der Waals surface area contributed by atoms with E-state index >= 15 is 0 Å². The maximum Gasteiger partial charge on any atom is 0.251 e. The van der Waals surface area contributed by atoms with Crippen molar-refractivity contribution in [3.8, 4) is 0 Å². The zero-order valence-electron chi connectivity index (χ0n) is 15.8. The van der Waals surface area contributed by atoms with Crippen LogP contribution in [0.25, 0.3) is 0 Å². The highest BCUT2D eigenvalue weighted by atomic mass is 19.1. The van der Waals surface area contributed by atoms with Crippen LogP contribution in [0, 0.1) is 17.0 Å². The summed E-state index contributed by atoms with van der Waals surface area (Å²) in [6.07, 6.45) is 0.805. The van der Waals surface area contributed by atoms with Gasteiger partial charge in [0.2, 0.25) is 5.91 Å². The standard InChI is InChI=1S/C22H22F2N2O3/c23-15-4-1-3-14(9-15)20(28)25-17-11-19(27)13-22(12-17)7-8-26(21(22)29)18-6-2-5-16(24)10-18/h1-6,9-10,17,19,27H,7-8,11-13H2,(H,25,28)/t17-,19-,22?/m0/s1. The third-order valence-corrected chi connectivity index (χ3v) is 5.87. The minimum atomic E-state index is -0.802.